The Bertz CT molecular complexity index is 1280. The van der Waals surface area contributed by atoms with E-state index >= 15 is 0 Å². The molecule has 0 aliphatic carbocycles. The van der Waals surface area contributed by atoms with Crippen LogP contribution in [0.5, 0.6) is 11.6 Å². The average Bonchev–Trinajstić information content (AvgIpc) is 2.78. The standard InChI is InChI=1S/C26H24N4O2/c1-25(2,3)9-8-17-11-21-24(29-13-17)32-22-7-6-18(19-5-4-10-28-14-19)12-20(22)26(21)16-31-15-23(27)30-26/h4-7,10-14H,15-16H2,1-3H3,(H2,27,30)/t26-/m0/s1. The Morgan fingerprint density at radius 1 is 1.06 bits per heavy atom. The molecular weight excluding hydrogens is 400 g/mol. The molecule has 0 saturated carbocycles. The van der Waals surface area contributed by atoms with Gasteiger partial charge in [0.05, 0.1) is 12.2 Å². The molecule has 0 fully saturated rings. The van der Waals surface area contributed by atoms with E-state index in [0.29, 0.717) is 30.7 Å². The van der Waals surface area contributed by atoms with Crippen molar-refractivity contribution in [3.8, 4) is 34.6 Å². The van der Waals surface area contributed by atoms with Crippen molar-refractivity contribution < 1.29 is 9.47 Å². The van der Waals surface area contributed by atoms with E-state index in [1.807, 2.05) is 36.5 Å². The molecule has 2 N–H and O–H groups in total. The predicted octanol–water partition coefficient (Wildman–Crippen LogP) is 4.28. The van der Waals surface area contributed by atoms with Crippen LogP contribution in [0.2, 0.25) is 0 Å². The highest BCUT2D eigenvalue weighted by Crippen LogP contribution is 2.50. The smallest absolute Gasteiger partial charge is 0.225 e. The minimum atomic E-state index is -0.851. The fourth-order valence-electron chi connectivity index (χ4n) is 3.95. The largest absolute Gasteiger partial charge is 0.438 e. The first-order chi connectivity index (χ1) is 15.3. The molecule has 2 aliphatic rings. The third-order valence-corrected chi connectivity index (χ3v) is 5.40. The molecule has 0 radical (unpaired) electrons. The van der Waals surface area contributed by atoms with Gasteiger partial charge in [-0.15, -0.1) is 0 Å². The van der Waals surface area contributed by atoms with E-state index in [9.17, 15) is 0 Å². The Morgan fingerprint density at radius 2 is 1.94 bits per heavy atom. The minimum absolute atomic E-state index is 0.119. The number of fused-ring (bicyclic) bond motifs is 4. The van der Waals surface area contributed by atoms with Gasteiger partial charge in [0.1, 0.15) is 23.7 Å². The molecule has 2 aromatic heterocycles. The van der Waals surface area contributed by atoms with E-state index in [2.05, 4.69) is 48.6 Å². The topological polar surface area (TPSA) is 82.6 Å². The van der Waals surface area contributed by atoms with E-state index in [4.69, 9.17) is 20.2 Å². The van der Waals surface area contributed by atoms with Crippen molar-refractivity contribution in [3.05, 3.63) is 71.7 Å². The van der Waals surface area contributed by atoms with Crippen molar-refractivity contribution >= 4 is 5.84 Å². The molecule has 0 amide bonds. The van der Waals surface area contributed by atoms with Crippen LogP contribution in [0.25, 0.3) is 11.1 Å². The van der Waals surface area contributed by atoms with Gasteiger partial charge in [-0.05, 0) is 50.6 Å². The number of benzene rings is 1. The summed E-state index contributed by atoms with van der Waals surface area (Å²) in [4.78, 5) is 13.7. The van der Waals surface area contributed by atoms with Crippen molar-refractivity contribution in [2.24, 2.45) is 16.1 Å². The van der Waals surface area contributed by atoms with Crippen molar-refractivity contribution in [3.63, 3.8) is 0 Å². The second-order valence-corrected chi connectivity index (χ2v) is 9.09. The molecule has 2 aliphatic heterocycles. The summed E-state index contributed by atoms with van der Waals surface area (Å²) in [6, 6.07) is 12.0. The number of nitrogens with zero attached hydrogens (tertiary/aromatic N) is 3. The van der Waals surface area contributed by atoms with Crippen LogP contribution in [0.1, 0.15) is 37.5 Å². The van der Waals surface area contributed by atoms with Gasteiger partial charge in [-0.3, -0.25) is 9.98 Å². The van der Waals surface area contributed by atoms with Crippen LogP contribution in [0.4, 0.5) is 0 Å². The third-order valence-electron chi connectivity index (χ3n) is 5.40. The van der Waals surface area contributed by atoms with Gasteiger partial charge < -0.3 is 15.2 Å². The van der Waals surface area contributed by atoms with Gasteiger partial charge >= 0.3 is 0 Å². The zero-order chi connectivity index (χ0) is 22.3. The number of hydrogen-bond acceptors (Lipinski definition) is 6. The number of hydrogen-bond donors (Lipinski definition) is 1. The number of aliphatic imine (C=N–C) groups is 1. The molecule has 6 heteroatoms. The van der Waals surface area contributed by atoms with Crippen molar-refractivity contribution in [2.45, 2.75) is 26.3 Å². The minimum Gasteiger partial charge on any atom is -0.438 e. The van der Waals surface area contributed by atoms with Crippen LogP contribution < -0.4 is 10.5 Å². The van der Waals surface area contributed by atoms with Gasteiger partial charge in [0.2, 0.25) is 5.88 Å². The fourth-order valence-corrected chi connectivity index (χ4v) is 3.95. The summed E-state index contributed by atoms with van der Waals surface area (Å²) in [6.07, 6.45) is 5.33. The van der Waals surface area contributed by atoms with Gasteiger partial charge in [-0.1, -0.05) is 24.0 Å². The number of ether oxygens (including phenoxy) is 2. The second-order valence-electron chi connectivity index (χ2n) is 9.09. The van der Waals surface area contributed by atoms with E-state index in [0.717, 1.165) is 27.8 Å². The van der Waals surface area contributed by atoms with Gasteiger partial charge in [0, 0.05) is 40.7 Å². The summed E-state index contributed by atoms with van der Waals surface area (Å²) >= 11 is 0. The molecule has 1 atom stereocenters. The summed E-state index contributed by atoms with van der Waals surface area (Å²) in [5.41, 5.74) is 9.72. The highest BCUT2D eigenvalue weighted by atomic mass is 16.5. The summed E-state index contributed by atoms with van der Waals surface area (Å²) in [5.74, 6) is 8.12. The maximum atomic E-state index is 6.19. The quantitative estimate of drug-likeness (QED) is 0.590. The molecule has 160 valence electrons. The molecule has 0 saturated heterocycles. The Hall–Kier alpha value is -3.69. The summed E-state index contributed by atoms with van der Waals surface area (Å²) < 4.78 is 12.1. The van der Waals surface area contributed by atoms with Gasteiger partial charge in [0.15, 0.2) is 0 Å². The van der Waals surface area contributed by atoms with Crippen LogP contribution in [0, 0.1) is 17.3 Å². The second kappa shape index (κ2) is 7.47. The Kier molecular flexibility index (Phi) is 4.72. The third kappa shape index (κ3) is 3.61. The summed E-state index contributed by atoms with van der Waals surface area (Å²) in [7, 11) is 0. The SMILES string of the molecule is CC(C)(C)C#Cc1cnc2c(c1)[C@]1(COCC(N)=N1)c1cc(-c3cccnc3)ccc1O2. The van der Waals surface area contributed by atoms with E-state index in [1.165, 1.54) is 0 Å². The molecule has 1 aromatic carbocycles. The Morgan fingerprint density at radius 3 is 2.69 bits per heavy atom. The lowest BCUT2D eigenvalue weighted by molar-refractivity contribution is 0.109. The summed E-state index contributed by atoms with van der Waals surface area (Å²) in [6.45, 7) is 6.86. The number of amidine groups is 1. The first-order valence-electron chi connectivity index (χ1n) is 10.5. The Labute approximate surface area is 187 Å². The molecule has 1 spiro atoms. The first kappa shape index (κ1) is 20.2. The zero-order valence-electron chi connectivity index (χ0n) is 18.3. The van der Waals surface area contributed by atoms with Crippen molar-refractivity contribution in [1.82, 2.24) is 9.97 Å². The molecule has 0 unspecified atom stereocenters. The Balaban J connectivity index is 1.71. The molecule has 6 nitrogen and oxygen atoms in total. The molecular formula is C26H24N4O2. The van der Waals surface area contributed by atoms with Crippen LogP contribution in [-0.2, 0) is 10.3 Å². The lowest BCUT2D eigenvalue weighted by Gasteiger charge is -2.39. The van der Waals surface area contributed by atoms with E-state index in [1.54, 1.807) is 12.4 Å². The maximum Gasteiger partial charge on any atom is 0.225 e. The molecule has 3 aromatic rings. The predicted molar refractivity (Wildman–Crippen MR) is 124 cm³/mol. The molecule has 0 bridgehead atoms. The van der Waals surface area contributed by atoms with E-state index in [-0.39, 0.29) is 5.41 Å². The van der Waals surface area contributed by atoms with Crippen LogP contribution in [-0.4, -0.2) is 29.0 Å². The molecule has 32 heavy (non-hydrogen) atoms. The van der Waals surface area contributed by atoms with Gasteiger partial charge in [0.25, 0.3) is 0 Å². The fraction of sp³-hybridized carbons (Fsp3) is 0.269. The number of rotatable bonds is 1. The summed E-state index contributed by atoms with van der Waals surface area (Å²) in [5, 5.41) is 0. The molecule has 5 rings (SSSR count). The van der Waals surface area contributed by atoms with E-state index < -0.39 is 5.54 Å². The maximum absolute atomic E-state index is 6.19. The number of pyridine rings is 2. The number of aromatic nitrogens is 2. The van der Waals surface area contributed by atoms with Gasteiger partial charge in [-0.2, -0.15) is 0 Å². The average molecular weight is 425 g/mol. The normalized spacial score (nSPS) is 19.2. The van der Waals surface area contributed by atoms with Crippen molar-refractivity contribution in [2.75, 3.05) is 13.2 Å². The van der Waals surface area contributed by atoms with Crippen LogP contribution in [0.15, 0.2) is 60.0 Å². The first-order valence-corrected chi connectivity index (χ1v) is 10.5. The molecule has 4 heterocycles. The van der Waals surface area contributed by atoms with Gasteiger partial charge in [-0.25, -0.2) is 4.98 Å². The van der Waals surface area contributed by atoms with Crippen molar-refractivity contribution in [1.29, 1.82) is 0 Å². The number of nitrogens with two attached hydrogens (primary N) is 1. The van der Waals surface area contributed by atoms with Crippen LogP contribution >= 0.6 is 0 Å². The highest BCUT2D eigenvalue weighted by molar-refractivity contribution is 5.84. The van der Waals surface area contributed by atoms with Crippen LogP contribution in [0.3, 0.4) is 0 Å². The highest BCUT2D eigenvalue weighted by Gasteiger charge is 2.45. The zero-order valence-corrected chi connectivity index (χ0v) is 18.3. The monoisotopic (exact) mass is 424 g/mol. The lowest BCUT2D eigenvalue weighted by Crippen LogP contribution is -2.42. The lowest BCUT2D eigenvalue weighted by atomic mass is 9.80.